The van der Waals surface area contributed by atoms with Crippen molar-refractivity contribution in [1.29, 1.82) is 0 Å². The number of hydrogen-bond donors (Lipinski definition) is 0. The highest BCUT2D eigenvalue weighted by atomic mass is 16.5. The van der Waals surface area contributed by atoms with Gasteiger partial charge in [-0.2, -0.15) is 0 Å². The predicted octanol–water partition coefficient (Wildman–Crippen LogP) is 2.29. The number of carbonyl (C=O) groups excluding carboxylic acids is 2. The summed E-state index contributed by atoms with van der Waals surface area (Å²) in [6.45, 7) is 5.44. The Bertz CT molecular complexity index is 652. The number of benzene rings is 1. The molecule has 0 N–H and O–H groups in total. The standard InChI is InChI=1S/C19H25NO4/c1-18(2)11-19(17(22)24-4)12-20(10-15(18)19)16(21)9-13-5-7-14(23-3)8-6-13/h5-8,15H,9-12H2,1-4H3/t15-,19+/m1/s1. The Labute approximate surface area is 142 Å². The second-order valence-corrected chi connectivity index (χ2v) is 7.66. The van der Waals surface area contributed by atoms with Crippen LogP contribution >= 0.6 is 0 Å². The lowest BCUT2D eigenvalue weighted by molar-refractivity contribution is -0.174. The predicted molar refractivity (Wildman–Crippen MR) is 89.6 cm³/mol. The molecule has 0 radical (unpaired) electrons. The van der Waals surface area contributed by atoms with E-state index in [1.54, 1.807) is 7.11 Å². The Morgan fingerprint density at radius 2 is 1.88 bits per heavy atom. The molecular formula is C19H25NO4. The topological polar surface area (TPSA) is 55.8 Å². The molecule has 1 aromatic rings. The molecule has 2 fully saturated rings. The Morgan fingerprint density at radius 1 is 1.21 bits per heavy atom. The Balaban J connectivity index is 1.71. The van der Waals surface area contributed by atoms with Crippen molar-refractivity contribution in [1.82, 2.24) is 4.90 Å². The fourth-order valence-electron chi connectivity index (χ4n) is 4.59. The van der Waals surface area contributed by atoms with Crippen LogP contribution in [0.2, 0.25) is 0 Å². The number of nitrogens with zero attached hydrogens (tertiary/aromatic N) is 1. The second kappa shape index (κ2) is 5.80. The van der Waals surface area contributed by atoms with E-state index in [-0.39, 0.29) is 23.2 Å². The largest absolute Gasteiger partial charge is 0.497 e. The van der Waals surface area contributed by atoms with Crippen molar-refractivity contribution < 1.29 is 19.1 Å². The molecule has 2 aliphatic rings. The van der Waals surface area contributed by atoms with Crippen LogP contribution in [-0.2, 0) is 20.7 Å². The summed E-state index contributed by atoms with van der Waals surface area (Å²) in [6.07, 6.45) is 1.12. The van der Waals surface area contributed by atoms with E-state index in [0.717, 1.165) is 17.7 Å². The zero-order valence-corrected chi connectivity index (χ0v) is 14.8. The monoisotopic (exact) mass is 331 g/mol. The number of carbonyl (C=O) groups is 2. The van der Waals surface area contributed by atoms with Crippen LogP contribution in [0.15, 0.2) is 24.3 Å². The quantitative estimate of drug-likeness (QED) is 0.794. The number of fused-ring (bicyclic) bond motifs is 1. The molecule has 1 amide bonds. The third-order valence-corrected chi connectivity index (χ3v) is 5.72. The van der Waals surface area contributed by atoms with Crippen molar-refractivity contribution in [3.63, 3.8) is 0 Å². The minimum Gasteiger partial charge on any atom is -0.497 e. The summed E-state index contributed by atoms with van der Waals surface area (Å²) in [5, 5.41) is 0. The zero-order valence-electron chi connectivity index (χ0n) is 14.8. The molecule has 1 aromatic carbocycles. The molecule has 1 aliphatic heterocycles. The normalized spacial score (nSPS) is 27.2. The molecule has 130 valence electrons. The van der Waals surface area contributed by atoms with E-state index in [9.17, 15) is 9.59 Å². The van der Waals surface area contributed by atoms with E-state index in [0.29, 0.717) is 19.5 Å². The lowest BCUT2D eigenvalue weighted by Crippen LogP contribution is -2.57. The summed E-state index contributed by atoms with van der Waals surface area (Å²) in [5.41, 5.74) is 0.517. The van der Waals surface area contributed by atoms with Crippen molar-refractivity contribution in [3.05, 3.63) is 29.8 Å². The van der Waals surface area contributed by atoms with E-state index >= 15 is 0 Å². The lowest BCUT2D eigenvalue weighted by Gasteiger charge is -2.54. The van der Waals surface area contributed by atoms with Crippen molar-refractivity contribution >= 4 is 11.9 Å². The molecule has 1 heterocycles. The number of rotatable bonds is 4. The SMILES string of the molecule is COC(=O)[C@@]12CN(C(=O)Cc3ccc(OC)cc3)C[C@@H]1C(C)(C)C2. The third-order valence-electron chi connectivity index (χ3n) is 5.72. The molecule has 0 unspecified atom stereocenters. The molecule has 5 nitrogen and oxygen atoms in total. The molecule has 1 saturated heterocycles. The zero-order chi connectivity index (χ0) is 17.5. The number of methoxy groups -OCH3 is 2. The Kier molecular flexibility index (Phi) is 4.06. The van der Waals surface area contributed by atoms with Crippen LogP contribution < -0.4 is 4.74 Å². The van der Waals surface area contributed by atoms with Gasteiger partial charge < -0.3 is 14.4 Å². The van der Waals surface area contributed by atoms with Crippen LogP contribution in [0.1, 0.15) is 25.8 Å². The third kappa shape index (κ3) is 2.56. The highest BCUT2D eigenvalue weighted by Gasteiger charge is 2.67. The van der Waals surface area contributed by atoms with Gasteiger partial charge in [-0.15, -0.1) is 0 Å². The summed E-state index contributed by atoms with van der Waals surface area (Å²) in [6, 6.07) is 7.52. The van der Waals surface area contributed by atoms with Gasteiger partial charge in [0.2, 0.25) is 5.91 Å². The van der Waals surface area contributed by atoms with Gasteiger partial charge in [0.25, 0.3) is 0 Å². The molecule has 5 heteroatoms. The molecule has 24 heavy (non-hydrogen) atoms. The van der Waals surface area contributed by atoms with E-state index in [1.165, 1.54) is 7.11 Å². The average molecular weight is 331 g/mol. The number of ether oxygens (including phenoxy) is 2. The minimum atomic E-state index is -0.506. The van der Waals surface area contributed by atoms with Crippen molar-refractivity contribution in [3.8, 4) is 5.75 Å². The lowest BCUT2D eigenvalue weighted by atomic mass is 9.48. The molecule has 0 aromatic heterocycles. The molecule has 3 rings (SSSR count). The summed E-state index contributed by atoms with van der Waals surface area (Å²) in [5.74, 6) is 0.842. The van der Waals surface area contributed by atoms with E-state index in [2.05, 4.69) is 13.8 Å². The Hall–Kier alpha value is -2.04. The first kappa shape index (κ1) is 16.8. The smallest absolute Gasteiger partial charge is 0.314 e. The second-order valence-electron chi connectivity index (χ2n) is 7.66. The highest BCUT2D eigenvalue weighted by Crippen LogP contribution is 2.63. The summed E-state index contributed by atoms with van der Waals surface area (Å²) >= 11 is 0. The molecular weight excluding hydrogens is 306 g/mol. The van der Waals surface area contributed by atoms with Crippen LogP contribution in [0.3, 0.4) is 0 Å². The highest BCUT2D eigenvalue weighted by molar-refractivity contribution is 5.84. The summed E-state index contributed by atoms with van der Waals surface area (Å²) in [7, 11) is 3.05. The maximum Gasteiger partial charge on any atom is 0.314 e. The molecule has 2 atom stereocenters. The van der Waals surface area contributed by atoms with Gasteiger partial charge >= 0.3 is 5.97 Å². The fourth-order valence-corrected chi connectivity index (χ4v) is 4.59. The maximum atomic E-state index is 12.7. The van der Waals surface area contributed by atoms with Gasteiger partial charge in [0.15, 0.2) is 0 Å². The van der Waals surface area contributed by atoms with E-state index in [4.69, 9.17) is 9.47 Å². The van der Waals surface area contributed by atoms with Gasteiger partial charge in [-0.1, -0.05) is 26.0 Å². The Morgan fingerprint density at radius 3 is 2.42 bits per heavy atom. The first-order valence-corrected chi connectivity index (χ1v) is 8.31. The number of likely N-dealkylation sites (tertiary alicyclic amines) is 1. The van der Waals surface area contributed by atoms with Gasteiger partial charge in [0.1, 0.15) is 5.75 Å². The van der Waals surface area contributed by atoms with Crippen molar-refractivity contribution in [2.24, 2.45) is 16.7 Å². The number of hydrogen-bond acceptors (Lipinski definition) is 4. The van der Waals surface area contributed by atoms with Crippen LogP contribution in [-0.4, -0.2) is 44.1 Å². The van der Waals surface area contributed by atoms with Crippen LogP contribution in [0.5, 0.6) is 5.75 Å². The number of esters is 1. The van der Waals surface area contributed by atoms with Crippen molar-refractivity contribution in [2.75, 3.05) is 27.3 Å². The molecule has 1 saturated carbocycles. The van der Waals surface area contributed by atoms with E-state index < -0.39 is 5.41 Å². The van der Waals surface area contributed by atoms with Crippen molar-refractivity contribution in [2.45, 2.75) is 26.7 Å². The van der Waals surface area contributed by atoms with Gasteiger partial charge in [0, 0.05) is 13.1 Å². The van der Waals surface area contributed by atoms with Gasteiger partial charge in [0.05, 0.1) is 26.1 Å². The fraction of sp³-hybridized carbons (Fsp3) is 0.579. The van der Waals surface area contributed by atoms with E-state index in [1.807, 2.05) is 29.2 Å². The maximum absolute atomic E-state index is 12.7. The van der Waals surface area contributed by atoms with Crippen LogP contribution in [0.4, 0.5) is 0 Å². The summed E-state index contributed by atoms with van der Waals surface area (Å²) < 4.78 is 10.2. The molecule has 0 spiro atoms. The minimum absolute atomic E-state index is 0.0636. The van der Waals surface area contributed by atoms with Gasteiger partial charge in [-0.3, -0.25) is 9.59 Å². The number of amides is 1. The van der Waals surface area contributed by atoms with Gasteiger partial charge in [-0.25, -0.2) is 0 Å². The van der Waals surface area contributed by atoms with Crippen LogP contribution in [0.25, 0.3) is 0 Å². The van der Waals surface area contributed by atoms with Crippen LogP contribution in [0, 0.1) is 16.7 Å². The first-order chi connectivity index (χ1) is 11.3. The average Bonchev–Trinajstić information content (AvgIpc) is 2.91. The first-order valence-electron chi connectivity index (χ1n) is 8.31. The molecule has 0 bridgehead atoms. The molecule has 1 aliphatic carbocycles. The van der Waals surface area contributed by atoms with Gasteiger partial charge in [-0.05, 0) is 35.4 Å². The summed E-state index contributed by atoms with van der Waals surface area (Å²) in [4.78, 5) is 26.8.